The van der Waals surface area contributed by atoms with Crippen molar-refractivity contribution < 1.29 is 14.7 Å². The van der Waals surface area contributed by atoms with Gasteiger partial charge in [0.25, 0.3) is 0 Å². The summed E-state index contributed by atoms with van der Waals surface area (Å²) in [5, 5.41) is 9.22. The molecule has 1 saturated carbocycles. The van der Waals surface area contributed by atoms with Gasteiger partial charge in [-0.2, -0.15) is 0 Å². The molecule has 0 spiro atoms. The normalized spacial score (nSPS) is 39.3. The number of nitrogens with two attached hydrogens (primary N) is 1. The highest BCUT2D eigenvalue weighted by Gasteiger charge is 2.48. The maximum Gasteiger partial charge on any atom is 0.308 e. The maximum atomic E-state index is 12.9. The SMILES string of the molecule is CC1C(N)CCC(C(=O)N2C[C@@H](C)[C@H](C(=O)O)C2)C1(C)C. The van der Waals surface area contributed by atoms with E-state index in [2.05, 4.69) is 20.8 Å². The summed E-state index contributed by atoms with van der Waals surface area (Å²) in [6.07, 6.45) is 1.67. The van der Waals surface area contributed by atoms with Crippen molar-refractivity contribution in [1.29, 1.82) is 0 Å². The van der Waals surface area contributed by atoms with Gasteiger partial charge in [0.1, 0.15) is 0 Å². The molecule has 0 aromatic carbocycles. The Morgan fingerprint density at radius 3 is 2.33 bits per heavy atom. The smallest absolute Gasteiger partial charge is 0.308 e. The van der Waals surface area contributed by atoms with Crippen LogP contribution in [-0.4, -0.2) is 41.0 Å². The number of likely N-dealkylation sites (tertiary alicyclic amines) is 1. The van der Waals surface area contributed by atoms with Crippen LogP contribution < -0.4 is 5.73 Å². The molecule has 1 amide bonds. The molecule has 1 aliphatic heterocycles. The van der Waals surface area contributed by atoms with Crippen LogP contribution in [0.5, 0.6) is 0 Å². The maximum absolute atomic E-state index is 12.9. The predicted molar refractivity (Wildman–Crippen MR) is 80.5 cm³/mol. The van der Waals surface area contributed by atoms with Gasteiger partial charge < -0.3 is 15.7 Å². The van der Waals surface area contributed by atoms with E-state index >= 15 is 0 Å². The number of aliphatic carboxylic acids is 1. The second-order valence-corrected chi connectivity index (χ2v) is 7.57. The van der Waals surface area contributed by atoms with Crippen LogP contribution in [0.3, 0.4) is 0 Å². The zero-order chi connectivity index (χ0) is 15.9. The van der Waals surface area contributed by atoms with Crippen molar-refractivity contribution in [2.24, 2.45) is 34.8 Å². The highest BCUT2D eigenvalue weighted by molar-refractivity contribution is 5.81. The lowest BCUT2D eigenvalue weighted by molar-refractivity contribution is -0.144. The monoisotopic (exact) mass is 296 g/mol. The van der Waals surface area contributed by atoms with Gasteiger partial charge in [0.15, 0.2) is 0 Å². The molecule has 3 unspecified atom stereocenters. The summed E-state index contributed by atoms with van der Waals surface area (Å²) in [6, 6.07) is 0.147. The van der Waals surface area contributed by atoms with Crippen molar-refractivity contribution in [3.05, 3.63) is 0 Å². The molecule has 3 N–H and O–H groups in total. The van der Waals surface area contributed by atoms with Crippen molar-refractivity contribution in [3.63, 3.8) is 0 Å². The number of rotatable bonds is 2. The van der Waals surface area contributed by atoms with Gasteiger partial charge in [-0.3, -0.25) is 9.59 Å². The van der Waals surface area contributed by atoms with Crippen molar-refractivity contribution in [1.82, 2.24) is 4.90 Å². The summed E-state index contributed by atoms with van der Waals surface area (Å²) in [5.41, 5.74) is 6.01. The average molecular weight is 296 g/mol. The van der Waals surface area contributed by atoms with Crippen LogP contribution in [0.15, 0.2) is 0 Å². The van der Waals surface area contributed by atoms with E-state index in [0.29, 0.717) is 13.1 Å². The number of carbonyl (C=O) groups excluding carboxylic acids is 1. The lowest BCUT2D eigenvalue weighted by Gasteiger charge is -2.47. The first-order valence-electron chi connectivity index (χ1n) is 7.93. The Hall–Kier alpha value is -1.10. The number of nitrogens with zero attached hydrogens (tertiary/aromatic N) is 1. The standard InChI is InChI=1S/C16H28N2O3/c1-9-7-18(8-11(9)15(20)21)14(19)12-5-6-13(17)10(2)16(12,3)4/h9-13H,5-8,17H2,1-4H3,(H,20,21)/t9-,10?,11-,12?,13?/m1/s1. The van der Waals surface area contributed by atoms with Crippen molar-refractivity contribution in [2.75, 3.05) is 13.1 Å². The summed E-state index contributed by atoms with van der Waals surface area (Å²) in [5.74, 6) is -0.842. The quantitative estimate of drug-likeness (QED) is 0.810. The minimum atomic E-state index is -0.795. The first kappa shape index (κ1) is 16.3. The van der Waals surface area contributed by atoms with Crippen LogP contribution in [0.2, 0.25) is 0 Å². The molecule has 1 heterocycles. The minimum absolute atomic E-state index is 0.0258. The predicted octanol–water partition coefficient (Wildman–Crippen LogP) is 1.57. The van der Waals surface area contributed by atoms with Gasteiger partial charge in [0.2, 0.25) is 5.91 Å². The molecule has 5 nitrogen and oxygen atoms in total. The van der Waals surface area contributed by atoms with E-state index in [1.165, 1.54) is 0 Å². The Morgan fingerprint density at radius 2 is 1.81 bits per heavy atom. The lowest BCUT2D eigenvalue weighted by Crippen LogP contribution is -2.52. The highest BCUT2D eigenvalue weighted by atomic mass is 16.4. The molecule has 2 rings (SSSR count). The summed E-state index contributed by atoms with van der Waals surface area (Å²) in [4.78, 5) is 25.9. The molecule has 1 saturated heterocycles. The summed E-state index contributed by atoms with van der Waals surface area (Å²) in [6.45, 7) is 9.18. The van der Waals surface area contributed by atoms with E-state index in [0.717, 1.165) is 12.8 Å². The van der Waals surface area contributed by atoms with E-state index in [1.807, 2.05) is 6.92 Å². The second kappa shape index (κ2) is 5.59. The van der Waals surface area contributed by atoms with Crippen LogP contribution in [0, 0.1) is 29.1 Å². The van der Waals surface area contributed by atoms with Gasteiger partial charge in [-0.15, -0.1) is 0 Å². The highest BCUT2D eigenvalue weighted by Crippen LogP contribution is 2.45. The summed E-state index contributed by atoms with van der Waals surface area (Å²) >= 11 is 0. The van der Waals surface area contributed by atoms with E-state index in [1.54, 1.807) is 4.90 Å². The molecule has 0 bridgehead atoms. The summed E-state index contributed by atoms with van der Waals surface area (Å²) in [7, 11) is 0. The van der Waals surface area contributed by atoms with Crippen molar-refractivity contribution in [3.8, 4) is 0 Å². The number of carboxylic acid groups (broad SMARTS) is 1. The fourth-order valence-electron chi connectivity index (χ4n) is 3.98. The van der Waals surface area contributed by atoms with E-state index in [-0.39, 0.29) is 35.1 Å². The van der Waals surface area contributed by atoms with E-state index in [4.69, 9.17) is 5.73 Å². The molecule has 1 aliphatic carbocycles. The molecule has 2 fully saturated rings. The van der Waals surface area contributed by atoms with Crippen molar-refractivity contribution in [2.45, 2.75) is 46.6 Å². The molecular formula is C16H28N2O3. The zero-order valence-electron chi connectivity index (χ0n) is 13.5. The molecule has 5 atom stereocenters. The van der Waals surface area contributed by atoms with Crippen LogP contribution in [0.4, 0.5) is 0 Å². The second-order valence-electron chi connectivity index (χ2n) is 7.57. The first-order valence-corrected chi connectivity index (χ1v) is 7.93. The van der Waals surface area contributed by atoms with Crippen LogP contribution in [0.1, 0.15) is 40.5 Å². The van der Waals surface area contributed by atoms with Gasteiger partial charge in [-0.25, -0.2) is 0 Å². The molecule has 0 radical (unpaired) electrons. The van der Waals surface area contributed by atoms with Gasteiger partial charge in [0.05, 0.1) is 5.92 Å². The Labute approximate surface area is 126 Å². The molecule has 120 valence electrons. The average Bonchev–Trinajstić information content (AvgIpc) is 2.78. The lowest BCUT2D eigenvalue weighted by atomic mass is 9.60. The van der Waals surface area contributed by atoms with E-state index in [9.17, 15) is 14.7 Å². The minimum Gasteiger partial charge on any atom is -0.481 e. The number of carbonyl (C=O) groups is 2. The number of amides is 1. The number of hydrogen-bond acceptors (Lipinski definition) is 3. The molecule has 0 aromatic rings. The molecule has 0 aromatic heterocycles. The van der Waals surface area contributed by atoms with Crippen LogP contribution in [-0.2, 0) is 9.59 Å². The van der Waals surface area contributed by atoms with Gasteiger partial charge >= 0.3 is 5.97 Å². The Kier molecular flexibility index (Phi) is 4.34. The Morgan fingerprint density at radius 1 is 1.19 bits per heavy atom. The Balaban J connectivity index is 2.12. The Bertz CT molecular complexity index is 435. The largest absolute Gasteiger partial charge is 0.481 e. The summed E-state index contributed by atoms with van der Waals surface area (Å²) < 4.78 is 0. The van der Waals surface area contributed by atoms with Crippen LogP contribution >= 0.6 is 0 Å². The number of hydrogen-bond donors (Lipinski definition) is 2. The van der Waals surface area contributed by atoms with Crippen LogP contribution in [0.25, 0.3) is 0 Å². The van der Waals surface area contributed by atoms with E-state index < -0.39 is 11.9 Å². The third-order valence-electron chi connectivity index (χ3n) is 6.04. The molecule has 2 aliphatic rings. The molecular weight excluding hydrogens is 268 g/mol. The third-order valence-corrected chi connectivity index (χ3v) is 6.04. The topological polar surface area (TPSA) is 83.6 Å². The molecule has 21 heavy (non-hydrogen) atoms. The third kappa shape index (κ3) is 2.80. The fraction of sp³-hybridized carbons (Fsp3) is 0.875. The van der Waals surface area contributed by atoms with Crippen molar-refractivity contribution >= 4 is 11.9 Å². The van der Waals surface area contributed by atoms with Gasteiger partial charge in [-0.1, -0.05) is 27.7 Å². The van der Waals surface area contributed by atoms with Gasteiger partial charge in [0, 0.05) is 25.0 Å². The first-order chi connectivity index (χ1) is 9.66. The molecule has 5 heteroatoms. The zero-order valence-corrected chi connectivity index (χ0v) is 13.5. The van der Waals surface area contributed by atoms with Gasteiger partial charge in [-0.05, 0) is 30.1 Å². The fourth-order valence-corrected chi connectivity index (χ4v) is 3.98. The number of carboxylic acids is 1.